The lowest BCUT2D eigenvalue weighted by Gasteiger charge is -2.46. The number of allylic oxidation sites excluding steroid dienone is 1. The quantitative estimate of drug-likeness (QED) is 0.567. The van der Waals surface area contributed by atoms with Crippen molar-refractivity contribution in [2.45, 2.75) is 105 Å². The molecule has 1 fully saturated rings. The summed E-state index contributed by atoms with van der Waals surface area (Å²) in [6.45, 7) is 19.1. The molecule has 0 radical (unpaired) electrons. The van der Waals surface area contributed by atoms with Gasteiger partial charge in [-0.05, 0) is 86.3 Å². The number of fused-ring (bicyclic) bond motifs is 1. The summed E-state index contributed by atoms with van der Waals surface area (Å²) in [5.74, 6) is -0.648. The molecule has 37 heavy (non-hydrogen) atoms. The second-order valence-electron chi connectivity index (χ2n) is 12.3. The van der Waals surface area contributed by atoms with Crippen LogP contribution in [0.3, 0.4) is 0 Å². The van der Waals surface area contributed by atoms with Gasteiger partial charge in [0.05, 0.1) is 23.1 Å². The van der Waals surface area contributed by atoms with Crippen LogP contribution in [0, 0.1) is 5.92 Å². The number of carbonyl (C=O) groups excluding carboxylic acids is 2. The van der Waals surface area contributed by atoms with E-state index in [0.717, 1.165) is 52.8 Å². The summed E-state index contributed by atoms with van der Waals surface area (Å²) in [6.07, 6.45) is 4.38. The van der Waals surface area contributed by atoms with E-state index in [2.05, 4.69) is 69.2 Å². The predicted octanol–water partition coefficient (Wildman–Crippen LogP) is 5.11. The van der Waals surface area contributed by atoms with Crippen molar-refractivity contribution < 1.29 is 9.59 Å². The number of nitrogens with one attached hydrogen (secondary N) is 2. The first kappa shape index (κ1) is 27.2. The molecule has 0 saturated carbocycles. The highest BCUT2D eigenvalue weighted by Gasteiger charge is 2.39. The molecule has 2 amide bonds. The maximum absolute atomic E-state index is 13.6. The second-order valence-corrected chi connectivity index (χ2v) is 12.3. The minimum Gasteiger partial charge on any atom is -0.351 e. The van der Waals surface area contributed by atoms with Crippen molar-refractivity contribution >= 4 is 28.6 Å². The van der Waals surface area contributed by atoms with E-state index < -0.39 is 5.92 Å². The SMILES string of the molecule is CCC1=C(C)C(CNC(=O)c2cc(C3CC(C)(C)NC(C)(C)C3)nc3c2cnn3C(C)C)C(=O)N=C1C. The van der Waals surface area contributed by atoms with E-state index in [9.17, 15) is 9.59 Å². The number of amides is 2. The Hall–Kier alpha value is -2.87. The summed E-state index contributed by atoms with van der Waals surface area (Å²) >= 11 is 0. The Kier molecular flexibility index (Phi) is 7.18. The average Bonchev–Trinajstić information content (AvgIpc) is 3.20. The van der Waals surface area contributed by atoms with Gasteiger partial charge in [-0.1, -0.05) is 12.5 Å². The van der Waals surface area contributed by atoms with Crippen LogP contribution >= 0.6 is 0 Å². The number of hydrogen-bond donors (Lipinski definition) is 2. The molecule has 1 atom stereocenters. The zero-order valence-corrected chi connectivity index (χ0v) is 23.8. The molecule has 2 aromatic rings. The summed E-state index contributed by atoms with van der Waals surface area (Å²) in [5.41, 5.74) is 4.97. The molecule has 0 spiro atoms. The largest absolute Gasteiger partial charge is 0.351 e. The number of hydrogen-bond acceptors (Lipinski definition) is 5. The molecule has 0 bridgehead atoms. The van der Waals surface area contributed by atoms with Gasteiger partial charge >= 0.3 is 0 Å². The van der Waals surface area contributed by atoms with Gasteiger partial charge < -0.3 is 10.6 Å². The van der Waals surface area contributed by atoms with Gasteiger partial charge in [0.25, 0.3) is 11.8 Å². The number of pyridine rings is 1. The number of carbonyl (C=O) groups is 2. The molecule has 8 heteroatoms. The highest BCUT2D eigenvalue weighted by atomic mass is 16.2. The molecular formula is C29H42N6O2. The van der Waals surface area contributed by atoms with Crippen molar-refractivity contribution in [2.75, 3.05) is 6.54 Å². The highest BCUT2D eigenvalue weighted by molar-refractivity contribution is 6.10. The Labute approximate surface area is 220 Å². The maximum atomic E-state index is 13.6. The van der Waals surface area contributed by atoms with E-state index in [0.29, 0.717) is 5.56 Å². The number of rotatable bonds is 6. The lowest BCUT2D eigenvalue weighted by Crippen LogP contribution is -2.57. The van der Waals surface area contributed by atoms with Crippen LogP contribution in [0.2, 0.25) is 0 Å². The third-order valence-electron chi connectivity index (χ3n) is 7.76. The zero-order chi connectivity index (χ0) is 27.3. The lowest BCUT2D eigenvalue weighted by atomic mass is 9.74. The van der Waals surface area contributed by atoms with Crippen LogP contribution in [0.1, 0.15) is 110 Å². The van der Waals surface area contributed by atoms with E-state index in [1.165, 1.54) is 0 Å². The van der Waals surface area contributed by atoms with Gasteiger partial charge in [0, 0.05) is 41.0 Å². The highest BCUT2D eigenvalue weighted by Crippen LogP contribution is 2.39. The summed E-state index contributed by atoms with van der Waals surface area (Å²) in [4.78, 5) is 35.6. The molecule has 0 aliphatic carbocycles. The molecule has 2 N–H and O–H groups in total. The van der Waals surface area contributed by atoms with Crippen molar-refractivity contribution in [1.82, 2.24) is 25.4 Å². The first-order valence-electron chi connectivity index (χ1n) is 13.5. The molecule has 4 heterocycles. The molecule has 1 saturated heterocycles. The smallest absolute Gasteiger partial charge is 0.254 e. The van der Waals surface area contributed by atoms with E-state index in [1.807, 2.05) is 24.6 Å². The number of nitrogens with zero attached hydrogens (tertiary/aromatic N) is 4. The number of aliphatic imine (C=N–C) groups is 1. The summed E-state index contributed by atoms with van der Waals surface area (Å²) in [5, 5.41) is 12.1. The van der Waals surface area contributed by atoms with Gasteiger partial charge in [0.15, 0.2) is 5.65 Å². The standard InChI is InChI=1S/C29H42N6O2/c1-10-20-17(4)22(27(37)32-18(20)5)14-30-26(36)21-11-24(19-12-28(6,7)34-29(8,9)13-19)33-25-23(21)15-31-35(25)16(2)3/h11,15-16,19,22,34H,10,12-14H2,1-9H3,(H,30,36). The third kappa shape index (κ3) is 5.40. The normalized spacial score (nSPS) is 22.1. The first-order valence-corrected chi connectivity index (χ1v) is 13.5. The topological polar surface area (TPSA) is 101 Å². The molecule has 8 nitrogen and oxygen atoms in total. The van der Waals surface area contributed by atoms with Crippen molar-refractivity contribution in [3.05, 3.63) is 34.7 Å². The first-order chi connectivity index (χ1) is 17.2. The second kappa shape index (κ2) is 9.78. The predicted molar refractivity (Wildman–Crippen MR) is 148 cm³/mol. The van der Waals surface area contributed by atoms with Crippen LogP contribution < -0.4 is 10.6 Å². The van der Waals surface area contributed by atoms with Crippen molar-refractivity contribution in [1.29, 1.82) is 0 Å². The van der Waals surface area contributed by atoms with Crippen molar-refractivity contribution in [3.8, 4) is 0 Å². The molecule has 0 aromatic carbocycles. The molecule has 200 valence electrons. The maximum Gasteiger partial charge on any atom is 0.254 e. The summed E-state index contributed by atoms with van der Waals surface area (Å²) in [7, 11) is 0. The number of piperidine rings is 1. The van der Waals surface area contributed by atoms with Crippen LogP contribution in [-0.2, 0) is 4.79 Å². The van der Waals surface area contributed by atoms with Gasteiger partial charge in [-0.3, -0.25) is 9.59 Å². The minimum atomic E-state index is -0.441. The van der Waals surface area contributed by atoms with Gasteiger partial charge in [0.1, 0.15) is 0 Å². The molecule has 1 unspecified atom stereocenters. The number of aromatic nitrogens is 3. The molecule has 4 rings (SSSR count). The number of dihydropyridines is 1. The monoisotopic (exact) mass is 506 g/mol. The fraction of sp³-hybridized carbons (Fsp3) is 0.621. The fourth-order valence-corrected chi connectivity index (χ4v) is 6.40. The molecule has 2 aromatic heterocycles. The summed E-state index contributed by atoms with van der Waals surface area (Å²) in [6, 6.07) is 2.05. The van der Waals surface area contributed by atoms with E-state index in [4.69, 9.17) is 4.98 Å². The van der Waals surface area contributed by atoms with Crippen LogP contribution in [0.4, 0.5) is 0 Å². The third-order valence-corrected chi connectivity index (χ3v) is 7.76. The van der Waals surface area contributed by atoms with Crippen LogP contribution in [0.15, 0.2) is 28.4 Å². The van der Waals surface area contributed by atoms with Crippen LogP contribution in [0.5, 0.6) is 0 Å². The van der Waals surface area contributed by atoms with Crippen molar-refractivity contribution in [3.63, 3.8) is 0 Å². The average molecular weight is 507 g/mol. The van der Waals surface area contributed by atoms with Gasteiger partial charge in [-0.25, -0.2) is 14.7 Å². The van der Waals surface area contributed by atoms with E-state index in [1.54, 1.807) is 6.20 Å². The minimum absolute atomic E-state index is 0.0510. The molecule has 2 aliphatic rings. The van der Waals surface area contributed by atoms with E-state index in [-0.39, 0.29) is 41.4 Å². The van der Waals surface area contributed by atoms with Crippen LogP contribution in [0.25, 0.3) is 11.0 Å². The summed E-state index contributed by atoms with van der Waals surface area (Å²) < 4.78 is 1.88. The Morgan fingerprint density at radius 2 is 1.84 bits per heavy atom. The van der Waals surface area contributed by atoms with Gasteiger partial charge in [0.2, 0.25) is 0 Å². The Bertz CT molecular complexity index is 1280. The zero-order valence-electron chi connectivity index (χ0n) is 23.8. The molecular weight excluding hydrogens is 464 g/mol. The van der Waals surface area contributed by atoms with E-state index >= 15 is 0 Å². The van der Waals surface area contributed by atoms with Gasteiger partial charge in [-0.2, -0.15) is 5.10 Å². The molecule has 2 aliphatic heterocycles. The Morgan fingerprint density at radius 1 is 1.19 bits per heavy atom. The van der Waals surface area contributed by atoms with Crippen LogP contribution in [-0.4, -0.2) is 49.9 Å². The van der Waals surface area contributed by atoms with Gasteiger partial charge in [-0.15, -0.1) is 0 Å². The Balaban J connectivity index is 1.70. The lowest BCUT2D eigenvalue weighted by molar-refractivity contribution is -0.120. The van der Waals surface area contributed by atoms with Crippen molar-refractivity contribution in [2.24, 2.45) is 10.9 Å². The fourth-order valence-electron chi connectivity index (χ4n) is 6.40. The Morgan fingerprint density at radius 3 is 2.43 bits per heavy atom.